The minimum absolute atomic E-state index is 0.134. The highest BCUT2D eigenvalue weighted by atomic mass is 19.4. The average molecular weight is 209 g/mol. The number of nitrogens with two attached hydrogens (primary N) is 1. The van der Waals surface area contributed by atoms with E-state index in [0.29, 0.717) is 0 Å². The monoisotopic (exact) mass is 209 g/mol. The van der Waals surface area contributed by atoms with Crippen molar-refractivity contribution in [2.75, 3.05) is 0 Å². The van der Waals surface area contributed by atoms with Crippen molar-refractivity contribution in [1.82, 2.24) is 0 Å². The molecule has 0 aromatic carbocycles. The van der Waals surface area contributed by atoms with Crippen molar-refractivity contribution in [3.63, 3.8) is 0 Å². The second-order valence-corrected chi connectivity index (χ2v) is 4.76. The van der Waals surface area contributed by atoms with Crippen LogP contribution in [0.1, 0.15) is 45.4 Å². The largest absolute Gasteiger partial charge is 0.389 e. The molecule has 0 bridgehead atoms. The fourth-order valence-corrected chi connectivity index (χ4v) is 2.03. The Morgan fingerprint density at radius 2 is 1.79 bits per heavy atom. The van der Waals surface area contributed by atoms with Crippen molar-refractivity contribution in [2.45, 2.75) is 57.7 Å². The van der Waals surface area contributed by atoms with Crippen molar-refractivity contribution >= 4 is 0 Å². The molecular weight excluding hydrogens is 191 g/mol. The van der Waals surface area contributed by atoms with Crippen LogP contribution in [0.25, 0.3) is 0 Å². The van der Waals surface area contributed by atoms with E-state index in [0.717, 1.165) is 25.7 Å². The first-order valence-corrected chi connectivity index (χ1v) is 5.13. The summed E-state index contributed by atoms with van der Waals surface area (Å²) >= 11 is 0. The van der Waals surface area contributed by atoms with Crippen LogP contribution in [-0.4, -0.2) is 12.2 Å². The third kappa shape index (κ3) is 3.86. The summed E-state index contributed by atoms with van der Waals surface area (Å²) in [6, 6.07) is 0.203. The van der Waals surface area contributed by atoms with E-state index >= 15 is 0 Å². The molecular formula is C10H18F3N. The first kappa shape index (κ1) is 11.8. The van der Waals surface area contributed by atoms with Gasteiger partial charge in [-0.15, -0.1) is 0 Å². The molecule has 1 nitrogen and oxygen atoms in total. The minimum atomic E-state index is -4.01. The third-order valence-corrected chi connectivity index (χ3v) is 3.25. The van der Waals surface area contributed by atoms with Crippen LogP contribution in [0, 0.1) is 5.41 Å². The normalized spacial score (nSPS) is 34.5. The molecule has 0 saturated heterocycles. The number of alkyl halides is 3. The van der Waals surface area contributed by atoms with Crippen LogP contribution in [0.4, 0.5) is 13.2 Å². The molecule has 0 amide bonds. The smallest absolute Gasteiger partial charge is 0.328 e. The highest BCUT2D eigenvalue weighted by molar-refractivity contribution is 4.84. The first-order chi connectivity index (χ1) is 6.31. The van der Waals surface area contributed by atoms with E-state index in [2.05, 4.69) is 0 Å². The lowest BCUT2D eigenvalue weighted by Crippen LogP contribution is -2.32. The van der Waals surface area contributed by atoms with Crippen LogP contribution in [0.15, 0.2) is 0 Å². The van der Waals surface area contributed by atoms with Crippen LogP contribution in [-0.2, 0) is 0 Å². The van der Waals surface area contributed by atoms with Gasteiger partial charge in [0.25, 0.3) is 0 Å². The average Bonchev–Trinajstić information content (AvgIpc) is 2.07. The Bertz CT molecular complexity index is 180. The van der Waals surface area contributed by atoms with Gasteiger partial charge in [-0.05, 0) is 37.5 Å². The number of rotatable bonds is 2. The minimum Gasteiger partial charge on any atom is -0.328 e. The third-order valence-electron chi connectivity index (χ3n) is 3.25. The molecule has 0 radical (unpaired) electrons. The topological polar surface area (TPSA) is 26.0 Å². The van der Waals surface area contributed by atoms with Crippen molar-refractivity contribution in [1.29, 1.82) is 0 Å². The van der Waals surface area contributed by atoms with Gasteiger partial charge in [-0.2, -0.15) is 13.2 Å². The van der Waals surface area contributed by atoms with Gasteiger partial charge in [0.2, 0.25) is 0 Å². The van der Waals surface area contributed by atoms with E-state index < -0.39 is 12.6 Å². The molecule has 14 heavy (non-hydrogen) atoms. The Labute approximate surface area is 82.9 Å². The SMILES string of the molecule is CC1(CCC(F)(F)F)CCC(N)CC1. The summed E-state index contributed by atoms with van der Waals surface area (Å²) in [4.78, 5) is 0. The molecule has 0 unspecified atom stereocenters. The fraction of sp³-hybridized carbons (Fsp3) is 1.00. The molecule has 0 spiro atoms. The molecule has 0 aliphatic heterocycles. The molecule has 1 rings (SSSR count). The van der Waals surface area contributed by atoms with Gasteiger partial charge < -0.3 is 5.73 Å². The van der Waals surface area contributed by atoms with Crippen LogP contribution < -0.4 is 5.73 Å². The maximum absolute atomic E-state index is 12.0. The predicted molar refractivity (Wildman–Crippen MR) is 49.8 cm³/mol. The lowest BCUT2D eigenvalue weighted by molar-refractivity contribution is -0.141. The molecule has 1 saturated carbocycles. The quantitative estimate of drug-likeness (QED) is 0.742. The van der Waals surface area contributed by atoms with Crippen LogP contribution in [0.3, 0.4) is 0 Å². The summed E-state index contributed by atoms with van der Waals surface area (Å²) < 4.78 is 36.1. The molecule has 1 fully saturated rings. The van der Waals surface area contributed by atoms with E-state index in [1.807, 2.05) is 6.92 Å². The van der Waals surface area contributed by atoms with E-state index in [9.17, 15) is 13.2 Å². The summed E-state index contributed by atoms with van der Waals surface area (Å²) in [5.41, 5.74) is 5.58. The summed E-state index contributed by atoms with van der Waals surface area (Å²) in [5, 5.41) is 0. The van der Waals surface area contributed by atoms with E-state index in [4.69, 9.17) is 5.73 Å². The number of hydrogen-bond donors (Lipinski definition) is 1. The second kappa shape index (κ2) is 4.09. The lowest BCUT2D eigenvalue weighted by Gasteiger charge is -2.36. The maximum Gasteiger partial charge on any atom is 0.389 e. The van der Waals surface area contributed by atoms with Gasteiger partial charge in [-0.25, -0.2) is 0 Å². The number of halogens is 3. The summed E-state index contributed by atoms with van der Waals surface area (Å²) in [6.45, 7) is 1.95. The van der Waals surface area contributed by atoms with Gasteiger partial charge in [0.05, 0.1) is 0 Å². The Hall–Kier alpha value is -0.250. The molecule has 0 aromatic rings. The summed E-state index contributed by atoms with van der Waals surface area (Å²) in [6.07, 6.45) is -0.998. The van der Waals surface area contributed by atoms with E-state index in [1.165, 1.54) is 0 Å². The summed E-state index contributed by atoms with van der Waals surface area (Å²) in [5.74, 6) is 0. The zero-order chi connectivity index (χ0) is 10.8. The summed E-state index contributed by atoms with van der Waals surface area (Å²) in [7, 11) is 0. The zero-order valence-corrected chi connectivity index (χ0v) is 8.53. The van der Waals surface area contributed by atoms with E-state index in [-0.39, 0.29) is 17.9 Å². The van der Waals surface area contributed by atoms with Crippen LogP contribution in [0.5, 0.6) is 0 Å². The molecule has 2 N–H and O–H groups in total. The molecule has 0 atom stereocenters. The van der Waals surface area contributed by atoms with Crippen LogP contribution in [0.2, 0.25) is 0 Å². The fourth-order valence-electron chi connectivity index (χ4n) is 2.03. The number of hydrogen-bond acceptors (Lipinski definition) is 1. The Morgan fingerprint density at radius 1 is 1.29 bits per heavy atom. The standard InChI is InChI=1S/C10H18F3N/c1-9(6-7-10(11,12)13)4-2-8(14)3-5-9/h8H,2-7,14H2,1H3. The molecule has 4 heteroatoms. The van der Waals surface area contributed by atoms with Crippen LogP contribution >= 0.6 is 0 Å². The Morgan fingerprint density at radius 3 is 2.21 bits per heavy atom. The molecule has 1 aliphatic carbocycles. The molecule has 0 aromatic heterocycles. The zero-order valence-electron chi connectivity index (χ0n) is 8.53. The van der Waals surface area contributed by atoms with Crippen molar-refractivity contribution in [3.8, 4) is 0 Å². The molecule has 84 valence electrons. The predicted octanol–water partition coefficient (Wildman–Crippen LogP) is 3.24. The van der Waals surface area contributed by atoms with Gasteiger partial charge in [0, 0.05) is 12.5 Å². The van der Waals surface area contributed by atoms with Crippen molar-refractivity contribution in [2.24, 2.45) is 11.1 Å². The Kier molecular flexibility index (Phi) is 3.45. The first-order valence-electron chi connectivity index (χ1n) is 5.13. The Balaban J connectivity index is 2.36. The highest BCUT2D eigenvalue weighted by Gasteiger charge is 2.35. The van der Waals surface area contributed by atoms with Gasteiger partial charge in [-0.3, -0.25) is 0 Å². The lowest BCUT2D eigenvalue weighted by atomic mass is 9.71. The second-order valence-electron chi connectivity index (χ2n) is 4.76. The van der Waals surface area contributed by atoms with Gasteiger partial charge in [-0.1, -0.05) is 6.92 Å². The molecule has 0 heterocycles. The van der Waals surface area contributed by atoms with Gasteiger partial charge >= 0.3 is 6.18 Å². The highest BCUT2D eigenvalue weighted by Crippen LogP contribution is 2.41. The molecule has 1 aliphatic rings. The maximum atomic E-state index is 12.0. The van der Waals surface area contributed by atoms with Crippen molar-refractivity contribution < 1.29 is 13.2 Å². The van der Waals surface area contributed by atoms with Gasteiger partial charge in [0.1, 0.15) is 0 Å². The van der Waals surface area contributed by atoms with Crippen molar-refractivity contribution in [3.05, 3.63) is 0 Å². The van der Waals surface area contributed by atoms with Gasteiger partial charge in [0.15, 0.2) is 0 Å². The van der Waals surface area contributed by atoms with E-state index in [1.54, 1.807) is 0 Å².